The molecule has 0 radical (unpaired) electrons. The molecule has 3 unspecified atom stereocenters. The number of nitrogens with zero attached hydrogens (tertiary/aromatic N) is 4. The van der Waals surface area contributed by atoms with E-state index in [2.05, 4.69) is 41.9 Å². The summed E-state index contributed by atoms with van der Waals surface area (Å²) in [7, 11) is 0. The Kier molecular flexibility index (Phi) is 15.1. The number of carbonyl (C=O) groups is 5. The lowest BCUT2D eigenvalue weighted by molar-refractivity contribution is -0.130. The average molecular weight is 878 g/mol. The molecule has 1 saturated heterocycles. The van der Waals surface area contributed by atoms with Crippen LogP contribution in [-0.2, 0) is 25.5 Å². The van der Waals surface area contributed by atoms with E-state index in [1.165, 1.54) is 0 Å². The van der Waals surface area contributed by atoms with Crippen molar-refractivity contribution < 1.29 is 33.4 Å². The van der Waals surface area contributed by atoms with Crippen molar-refractivity contribution in [3.8, 4) is 22.5 Å². The molecule has 6 rings (SSSR count). The maximum atomic E-state index is 13.9. The van der Waals surface area contributed by atoms with Gasteiger partial charge in [0.25, 0.3) is 5.91 Å². The molecular formula is C48H63N9O7. The minimum atomic E-state index is -0.867. The number of H-pyrrole nitrogens is 1. The zero-order valence-electron chi connectivity index (χ0n) is 38.2. The standard InChI is InChI=1S/C48H63N9O7/c1-29-25-36(43(59)51-38-23-24-57(30(2)26-38)46(62)64-48(6,7)8)19-22-39(29)33-13-9-31(10-14-33)27-40(44(60)50-37-20-17-34(18-21-37)41-53-55-56-54-41)52-42(58)35-15-11-32(12-16-35)28-49-45(61)63-47(3,4)5/h9-10,13-14,17-22,25,30,32,35,38,40H,11-12,15-16,23-24,26-28H2,1-8H3,(H,49,61)(H,50,60)(H,51,59)(H,52,58)(H,53,54,55,56). The number of carbonyl (C=O) groups excluding carboxylic acids is 5. The Morgan fingerprint density at radius 2 is 1.52 bits per heavy atom. The lowest BCUT2D eigenvalue weighted by Gasteiger charge is -2.38. The molecule has 0 spiro atoms. The SMILES string of the molecule is Cc1cc(C(=O)NC2CCN(C(=O)OC(C)(C)C)C(C)C2)ccc1-c1ccc(CC(NC(=O)C2CCC(CNC(=O)OC(C)(C)C)CC2)C(=O)Nc2ccc(-c3nn[nH]n3)cc2)cc1. The van der Waals surface area contributed by atoms with Gasteiger partial charge in [0.15, 0.2) is 0 Å². The summed E-state index contributed by atoms with van der Waals surface area (Å²) in [5.41, 5.74) is 4.37. The third kappa shape index (κ3) is 13.3. The fraction of sp³-hybridized carbons (Fsp3) is 0.500. The predicted octanol–water partition coefficient (Wildman–Crippen LogP) is 7.36. The van der Waals surface area contributed by atoms with Gasteiger partial charge in [0.1, 0.15) is 17.2 Å². The smallest absolute Gasteiger partial charge is 0.410 e. The molecule has 64 heavy (non-hydrogen) atoms. The van der Waals surface area contributed by atoms with E-state index in [1.807, 2.05) is 97.9 Å². The number of hydrogen-bond acceptors (Lipinski definition) is 10. The summed E-state index contributed by atoms with van der Waals surface area (Å²) in [6.45, 7) is 15.9. The zero-order chi connectivity index (χ0) is 46.2. The first-order valence-electron chi connectivity index (χ1n) is 22.2. The molecule has 0 bridgehead atoms. The third-order valence-electron chi connectivity index (χ3n) is 11.6. The normalized spacial score (nSPS) is 19.5. The molecule has 3 atom stereocenters. The van der Waals surface area contributed by atoms with Crippen molar-refractivity contribution in [1.29, 1.82) is 0 Å². The molecule has 1 aliphatic carbocycles. The summed E-state index contributed by atoms with van der Waals surface area (Å²) < 4.78 is 10.9. The highest BCUT2D eigenvalue weighted by Gasteiger charge is 2.33. The maximum absolute atomic E-state index is 13.9. The van der Waals surface area contributed by atoms with Gasteiger partial charge < -0.3 is 35.6 Å². The number of ether oxygens (including phenoxy) is 2. The number of hydrogen-bond donors (Lipinski definition) is 5. The molecule has 1 aliphatic heterocycles. The lowest BCUT2D eigenvalue weighted by Crippen LogP contribution is -2.52. The van der Waals surface area contributed by atoms with Crippen molar-refractivity contribution in [2.75, 3.05) is 18.4 Å². The molecule has 5 N–H and O–H groups in total. The first-order chi connectivity index (χ1) is 30.3. The van der Waals surface area contributed by atoms with Gasteiger partial charge in [-0.25, -0.2) is 9.59 Å². The molecular weight excluding hydrogens is 815 g/mol. The molecule has 16 heteroatoms. The molecule has 1 aromatic heterocycles. The Hall–Kier alpha value is -6.32. The summed E-state index contributed by atoms with van der Waals surface area (Å²) in [6, 6.07) is 19.6. The molecule has 3 aromatic carbocycles. The molecule has 2 aliphatic rings. The van der Waals surface area contributed by atoms with Gasteiger partial charge in [-0.1, -0.05) is 30.3 Å². The Morgan fingerprint density at radius 3 is 2.12 bits per heavy atom. The number of anilines is 1. The van der Waals surface area contributed by atoms with E-state index in [-0.39, 0.29) is 54.2 Å². The topological polar surface area (TPSA) is 210 Å². The third-order valence-corrected chi connectivity index (χ3v) is 11.6. The second kappa shape index (κ2) is 20.5. The molecule has 4 aromatic rings. The van der Waals surface area contributed by atoms with E-state index in [9.17, 15) is 24.0 Å². The van der Waals surface area contributed by atoms with Gasteiger partial charge in [0, 0.05) is 54.3 Å². The van der Waals surface area contributed by atoms with Crippen LogP contribution in [0.3, 0.4) is 0 Å². The highest BCUT2D eigenvalue weighted by atomic mass is 16.6. The zero-order valence-corrected chi connectivity index (χ0v) is 38.2. The van der Waals surface area contributed by atoms with Crippen LogP contribution >= 0.6 is 0 Å². The Morgan fingerprint density at radius 1 is 0.844 bits per heavy atom. The summed E-state index contributed by atoms with van der Waals surface area (Å²) in [4.78, 5) is 67.7. The van der Waals surface area contributed by atoms with Crippen LogP contribution in [0.2, 0.25) is 0 Å². The minimum Gasteiger partial charge on any atom is -0.444 e. The lowest BCUT2D eigenvalue weighted by atomic mass is 9.81. The molecule has 2 heterocycles. The minimum absolute atomic E-state index is 0.0671. The number of alkyl carbamates (subject to hydrolysis) is 1. The second-order valence-corrected chi connectivity index (χ2v) is 19.1. The quantitative estimate of drug-likeness (QED) is 0.0955. The number of benzene rings is 3. The van der Waals surface area contributed by atoms with Crippen LogP contribution in [0.15, 0.2) is 66.7 Å². The molecule has 5 amide bonds. The van der Waals surface area contributed by atoms with E-state index in [0.717, 1.165) is 40.7 Å². The van der Waals surface area contributed by atoms with Gasteiger partial charge in [-0.15, -0.1) is 10.2 Å². The van der Waals surface area contributed by atoms with Crippen LogP contribution in [0.4, 0.5) is 15.3 Å². The van der Waals surface area contributed by atoms with Gasteiger partial charge in [-0.3, -0.25) is 14.4 Å². The largest absolute Gasteiger partial charge is 0.444 e. The van der Waals surface area contributed by atoms with Crippen molar-refractivity contribution in [3.05, 3.63) is 83.4 Å². The Balaban J connectivity index is 1.08. The van der Waals surface area contributed by atoms with Crippen molar-refractivity contribution in [2.45, 2.75) is 130 Å². The van der Waals surface area contributed by atoms with Crippen LogP contribution < -0.4 is 21.3 Å². The van der Waals surface area contributed by atoms with Gasteiger partial charge in [0.2, 0.25) is 17.6 Å². The van der Waals surface area contributed by atoms with Gasteiger partial charge in [-0.2, -0.15) is 5.21 Å². The second-order valence-electron chi connectivity index (χ2n) is 19.1. The van der Waals surface area contributed by atoms with Gasteiger partial charge in [0.05, 0.1) is 0 Å². The fourth-order valence-electron chi connectivity index (χ4n) is 8.23. The van der Waals surface area contributed by atoms with Crippen LogP contribution in [0.1, 0.15) is 108 Å². The first kappa shape index (κ1) is 47.2. The fourth-order valence-corrected chi connectivity index (χ4v) is 8.23. The number of tetrazole rings is 1. The van der Waals surface area contributed by atoms with E-state index < -0.39 is 23.3 Å². The number of nitrogens with one attached hydrogen (secondary N) is 5. The summed E-state index contributed by atoms with van der Waals surface area (Å²) in [6.07, 6.45) is 3.54. The molecule has 16 nitrogen and oxygen atoms in total. The van der Waals surface area contributed by atoms with Crippen molar-refractivity contribution in [2.24, 2.45) is 11.8 Å². The summed E-state index contributed by atoms with van der Waals surface area (Å²) in [5, 5.41) is 26.1. The highest BCUT2D eigenvalue weighted by molar-refractivity contribution is 5.98. The molecule has 1 saturated carbocycles. The summed E-state index contributed by atoms with van der Waals surface area (Å²) in [5.74, 6) is -0.300. The van der Waals surface area contributed by atoms with Crippen molar-refractivity contribution in [3.63, 3.8) is 0 Å². The van der Waals surface area contributed by atoms with Crippen molar-refractivity contribution >= 4 is 35.6 Å². The monoisotopic (exact) mass is 877 g/mol. The van der Waals surface area contributed by atoms with Crippen LogP contribution in [-0.4, -0.2) is 97.8 Å². The van der Waals surface area contributed by atoms with Crippen LogP contribution in [0, 0.1) is 18.8 Å². The van der Waals surface area contributed by atoms with Crippen LogP contribution in [0.25, 0.3) is 22.5 Å². The van der Waals surface area contributed by atoms with E-state index >= 15 is 0 Å². The highest BCUT2D eigenvalue weighted by Crippen LogP contribution is 2.30. The Labute approximate surface area is 375 Å². The summed E-state index contributed by atoms with van der Waals surface area (Å²) >= 11 is 0. The predicted molar refractivity (Wildman–Crippen MR) is 243 cm³/mol. The van der Waals surface area contributed by atoms with E-state index in [4.69, 9.17) is 9.47 Å². The Bertz CT molecular complexity index is 2240. The molecule has 342 valence electrons. The number of rotatable bonds is 12. The number of aromatic nitrogens is 4. The van der Waals surface area contributed by atoms with Crippen LogP contribution in [0.5, 0.6) is 0 Å². The number of piperidine rings is 1. The first-order valence-corrected chi connectivity index (χ1v) is 22.2. The number of likely N-dealkylation sites (tertiary alicyclic amines) is 1. The van der Waals surface area contributed by atoms with Gasteiger partial charge in [-0.05, 0) is 164 Å². The number of aryl methyl sites for hydroxylation is 1. The van der Waals surface area contributed by atoms with E-state index in [1.54, 1.807) is 29.2 Å². The number of aromatic amines is 1. The van der Waals surface area contributed by atoms with E-state index in [0.29, 0.717) is 55.8 Å². The number of amides is 5. The average Bonchev–Trinajstić information content (AvgIpc) is 3.78. The van der Waals surface area contributed by atoms with Gasteiger partial charge >= 0.3 is 12.2 Å². The molecule has 2 fully saturated rings. The maximum Gasteiger partial charge on any atom is 0.410 e. The van der Waals surface area contributed by atoms with Crippen molar-refractivity contribution in [1.82, 2.24) is 41.5 Å².